The standard InChI is InChI=1S/C10H14S/c1-2-3-4-5-7-10-8-6-9-11-10/h5-9H,2-4H2,1H3/b7-5+. The van der Waals surface area contributed by atoms with E-state index in [0.29, 0.717) is 0 Å². The Morgan fingerprint density at radius 2 is 2.45 bits per heavy atom. The molecular formula is C10H14S. The molecule has 1 heterocycles. The molecule has 0 atom stereocenters. The fourth-order valence-corrected chi connectivity index (χ4v) is 1.55. The molecule has 0 aliphatic carbocycles. The summed E-state index contributed by atoms with van der Waals surface area (Å²) in [6.45, 7) is 2.22. The van der Waals surface area contributed by atoms with Crippen LogP contribution in [0.5, 0.6) is 0 Å². The van der Waals surface area contributed by atoms with E-state index in [1.807, 2.05) is 0 Å². The molecule has 0 aliphatic heterocycles. The average Bonchev–Trinajstić information content (AvgIpc) is 2.50. The van der Waals surface area contributed by atoms with Gasteiger partial charge in [-0.05, 0) is 23.9 Å². The first-order chi connectivity index (χ1) is 5.43. The van der Waals surface area contributed by atoms with Gasteiger partial charge in [0.25, 0.3) is 0 Å². The lowest BCUT2D eigenvalue weighted by atomic mass is 10.2. The minimum Gasteiger partial charge on any atom is -0.144 e. The van der Waals surface area contributed by atoms with Crippen LogP contribution in [-0.4, -0.2) is 0 Å². The van der Waals surface area contributed by atoms with Gasteiger partial charge in [0.05, 0.1) is 0 Å². The number of hydrogen-bond acceptors (Lipinski definition) is 1. The van der Waals surface area contributed by atoms with E-state index in [-0.39, 0.29) is 0 Å². The molecular weight excluding hydrogens is 152 g/mol. The van der Waals surface area contributed by atoms with Crippen molar-refractivity contribution in [3.63, 3.8) is 0 Å². The maximum atomic E-state index is 2.26. The Kier molecular flexibility index (Phi) is 3.99. The topological polar surface area (TPSA) is 0 Å². The Hall–Kier alpha value is -0.560. The van der Waals surface area contributed by atoms with E-state index < -0.39 is 0 Å². The van der Waals surface area contributed by atoms with Crippen molar-refractivity contribution < 1.29 is 0 Å². The van der Waals surface area contributed by atoms with Crippen molar-refractivity contribution in [2.24, 2.45) is 0 Å². The van der Waals surface area contributed by atoms with Gasteiger partial charge in [0.15, 0.2) is 0 Å². The van der Waals surface area contributed by atoms with E-state index in [4.69, 9.17) is 0 Å². The lowest BCUT2D eigenvalue weighted by Crippen LogP contribution is -1.65. The third-order valence-corrected chi connectivity index (χ3v) is 2.39. The molecule has 11 heavy (non-hydrogen) atoms. The largest absolute Gasteiger partial charge is 0.144 e. The zero-order valence-electron chi connectivity index (χ0n) is 6.92. The molecule has 60 valence electrons. The molecule has 0 aliphatic rings. The first-order valence-electron chi connectivity index (χ1n) is 4.13. The summed E-state index contributed by atoms with van der Waals surface area (Å²) in [7, 11) is 0. The van der Waals surface area contributed by atoms with E-state index in [0.717, 1.165) is 0 Å². The molecule has 0 spiro atoms. The van der Waals surface area contributed by atoms with Crippen LogP contribution in [0.15, 0.2) is 23.6 Å². The predicted octanol–water partition coefficient (Wildman–Crippen LogP) is 3.95. The first kappa shape index (κ1) is 8.54. The van der Waals surface area contributed by atoms with Gasteiger partial charge in [-0.15, -0.1) is 11.3 Å². The summed E-state index contributed by atoms with van der Waals surface area (Å²) in [6, 6.07) is 4.23. The van der Waals surface area contributed by atoms with Crippen LogP contribution < -0.4 is 0 Å². The zero-order chi connectivity index (χ0) is 7.94. The van der Waals surface area contributed by atoms with Gasteiger partial charge in [-0.25, -0.2) is 0 Å². The molecule has 0 saturated carbocycles. The van der Waals surface area contributed by atoms with Gasteiger partial charge in [-0.2, -0.15) is 0 Å². The third-order valence-electron chi connectivity index (χ3n) is 1.55. The van der Waals surface area contributed by atoms with E-state index in [1.165, 1.54) is 24.1 Å². The highest BCUT2D eigenvalue weighted by atomic mass is 32.1. The van der Waals surface area contributed by atoms with Crippen LogP contribution in [0.3, 0.4) is 0 Å². The first-order valence-corrected chi connectivity index (χ1v) is 5.01. The van der Waals surface area contributed by atoms with E-state index in [2.05, 4.69) is 36.6 Å². The minimum atomic E-state index is 1.22. The summed E-state index contributed by atoms with van der Waals surface area (Å²) in [6.07, 6.45) is 8.28. The average molecular weight is 166 g/mol. The third kappa shape index (κ3) is 3.38. The Balaban J connectivity index is 2.25. The number of thiophene rings is 1. The molecule has 0 fully saturated rings. The molecule has 0 radical (unpaired) electrons. The van der Waals surface area contributed by atoms with Crippen molar-refractivity contribution in [3.8, 4) is 0 Å². The second-order valence-electron chi connectivity index (χ2n) is 2.56. The zero-order valence-corrected chi connectivity index (χ0v) is 7.73. The summed E-state index contributed by atoms with van der Waals surface area (Å²) in [5.74, 6) is 0. The van der Waals surface area contributed by atoms with Crippen LogP contribution >= 0.6 is 11.3 Å². The summed E-state index contributed by atoms with van der Waals surface area (Å²) < 4.78 is 0. The molecule has 1 aromatic rings. The van der Waals surface area contributed by atoms with Crippen molar-refractivity contribution in [1.82, 2.24) is 0 Å². The Morgan fingerprint density at radius 3 is 3.09 bits per heavy atom. The molecule has 0 aromatic carbocycles. The number of rotatable bonds is 4. The summed E-state index contributed by atoms with van der Waals surface area (Å²) >= 11 is 1.79. The van der Waals surface area contributed by atoms with Gasteiger partial charge in [-0.3, -0.25) is 0 Å². The van der Waals surface area contributed by atoms with E-state index in [1.54, 1.807) is 11.3 Å². The quantitative estimate of drug-likeness (QED) is 0.594. The van der Waals surface area contributed by atoms with Crippen LogP contribution in [-0.2, 0) is 0 Å². The van der Waals surface area contributed by atoms with Gasteiger partial charge in [0.2, 0.25) is 0 Å². The monoisotopic (exact) mass is 166 g/mol. The van der Waals surface area contributed by atoms with Gasteiger partial charge in [-0.1, -0.05) is 31.9 Å². The van der Waals surface area contributed by atoms with E-state index in [9.17, 15) is 0 Å². The van der Waals surface area contributed by atoms with Gasteiger partial charge >= 0.3 is 0 Å². The molecule has 0 saturated heterocycles. The number of hydrogen-bond donors (Lipinski definition) is 0. The second-order valence-corrected chi connectivity index (χ2v) is 3.54. The highest BCUT2D eigenvalue weighted by Gasteiger charge is 1.83. The minimum absolute atomic E-state index is 1.22. The van der Waals surface area contributed by atoms with Crippen LogP contribution in [0.2, 0.25) is 0 Å². The van der Waals surface area contributed by atoms with Crippen molar-refractivity contribution in [2.45, 2.75) is 26.2 Å². The second kappa shape index (κ2) is 5.14. The number of allylic oxidation sites excluding steroid dienone is 1. The molecule has 0 bridgehead atoms. The Bertz CT molecular complexity index is 197. The van der Waals surface area contributed by atoms with Crippen molar-refractivity contribution in [2.75, 3.05) is 0 Å². The fourth-order valence-electron chi connectivity index (χ4n) is 0.908. The number of unbranched alkanes of at least 4 members (excludes halogenated alkanes) is 2. The van der Waals surface area contributed by atoms with Crippen LogP contribution in [0, 0.1) is 0 Å². The Labute approximate surface area is 72.6 Å². The molecule has 1 aromatic heterocycles. The van der Waals surface area contributed by atoms with Crippen molar-refractivity contribution >= 4 is 17.4 Å². The summed E-state index contributed by atoms with van der Waals surface area (Å²) in [5.41, 5.74) is 0. The smallest absolute Gasteiger partial charge is 0.0267 e. The van der Waals surface area contributed by atoms with Crippen molar-refractivity contribution in [1.29, 1.82) is 0 Å². The fraction of sp³-hybridized carbons (Fsp3) is 0.400. The van der Waals surface area contributed by atoms with Crippen LogP contribution in [0.25, 0.3) is 6.08 Å². The lowest BCUT2D eigenvalue weighted by Gasteiger charge is -1.86. The summed E-state index contributed by atoms with van der Waals surface area (Å²) in [4.78, 5) is 1.36. The molecule has 0 unspecified atom stereocenters. The predicted molar refractivity (Wildman–Crippen MR) is 52.9 cm³/mol. The van der Waals surface area contributed by atoms with Crippen molar-refractivity contribution in [3.05, 3.63) is 28.5 Å². The molecule has 0 N–H and O–H groups in total. The maximum absolute atomic E-state index is 2.26. The lowest BCUT2D eigenvalue weighted by molar-refractivity contribution is 0.816. The molecule has 1 rings (SSSR count). The van der Waals surface area contributed by atoms with Gasteiger partial charge in [0.1, 0.15) is 0 Å². The summed E-state index contributed by atoms with van der Waals surface area (Å²) in [5, 5.41) is 2.11. The normalized spacial score (nSPS) is 11.0. The highest BCUT2D eigenvalue weighted by Crippen LogP contribution is 2.11. The van der Waals surface area contributed by atoms with Gasteiger partial charge < -0.3 is 0 Å². The maximum Gasteiger partial charge on any atom is 0.0267 e. The van der Waals surface area contributed by atoms with Gasteiger partial charge in [0, 0.05) is 4.88 Å². The molecule has 0 amide bonds. The molecule has 0 nitrogen and oxygen atoms in total. The van der Waals surface area contributed by atoms with E-state index >= 15 is 0 Å². The SMILES string of the molecule is CCCC/C=C/c1cccs1. The van der Waals surface area contributed by atoms with Crippen LogP contribution in [0.1, 0.15) is 31.1 Å². The Morgan fingerprint density at radius 1 is 1.55 bits per heavy atom. The highest BCUT2D eigenvalue weighted by molar-refractivity contribution is 7.10. The van der Waals surface area contributed by atoms with Crippen LogP contribution in [0.4, 0.5) is 0 Å². The molecule has 1 heteroatoms.